The van der Waals surface area contributed by atoms with Crippen molar-refractivity contribution in [1.29, 1.82) is 0 Å². The molecule has 2 rings (SSSR count). The SMILES string of the molecule is C=CC(=O)N1CCn2cc(C)nc2C1. The smallest absolute Gasteiger partial charge is 0.246 e. The van der Waals surface area contributed by atoms with Crippen molar-refractivity contribution in [3.8, 4) is 0 Å². The fraction of sp³-hybridized carbons (Fsp3) is 0.400. The van der Waals surface area contributed by atoms with Gasteiger partial charge in [0.15, 0.2) is 0 Å². The quantitative estimate of drug-likeness (QED) is 0.613. The molecule has 0 atom stereocenters. The summed E-state index contributed by atoms with van der Waals surface area (Å²) >= 11 is 0. The Labute approximate surface area is 82.9 Å². The van der Waals surface area contributed by atoms with Gasteiger partial charge in [0.1, 0.15) is 5.82 Å². The van der Waals surface area contributed by atoms with E-state index in [0.717, 1.165) is 24.6 Å². The number of rotatable bonds is 1. The molecular weight excluding hydrogens is 178 g/mol. The minimum atomic E-state index is -0.0168. The number of imidazole rings is 1. The van der Waals surface area contributed by atoms with E-state index in [-0.39, 0.29) is 5.91 Å². The van der Waals surface area contributed by atoms with Gasteiger partial charge >= 0.3 is 0 Å². The molecule has 1 aliphatic heterocycles. The van der Waals surface area contributed by atoms with Crippen LogP contribution < -0.4 is 0 Å². The zero-order chi connectivity index (χ0) is 10.1. The first-order chi connectivity index (χ1) is 6.70. The zero-order valence-corrected chi connectivity index (χ0v) is 8.23. The highest BCUT2D eigenvalue weighted by atomic mass is 16.2. The van der Waals surface area contributed by atoms with Crippen LogP contribution in [-0.4, -0.2) is 26.9 Å². The number of amides is 1. The van der Waals surface area contributed by atoms with Gasteiger partial charge < -0.3 is 9.47 Å². The molecule has 0 bridgehead atoms. The van der Waals surface area contributed by atoms with Crippen molar-refractivity contribution in [3.63, 3.8) is 0 Å². The first-order valence-electron chi connectivity index (χ1n) is 4.64. The number of carbonyl (C=O) groups excluding carboxylic acids is 1. The molecule has 1 aromatic heterocycles. The third kappa shape index (κ3) is 1.43. The largest absolute Gasteiger partial charge is 0.331 e. The Hall–Kier alpha value is -1.58. The molecule has 14 heavy (non-hydrogen) atoms. The van der Waals surface area contributed by atoms with E-state index in [4.69, 9.17) is 0 Å². The molecule has 4 nitrogen and oxygen atoms in total. The number of aromatic nitrogens is 2. The fourth-order valence-electron chi connectivity index (χ4n) is 1.71. The summed E-state index contributed by atoms with van der Waals surface area (Å²) in [6.07, 6.45) is 3.37. The van der Waals surface area contributed by atoms with Crippen molar-refractivity contribution >= 4 is 5.91 Å². The minimum absolute atomic E-state index is 0.0168. The second-order valence-electron chi connectivity index (χ2n) is 3.46. The number of aryl methyl sites for hydroxylation is 1. The summed E-state index contributed by atoms with van der Waals surface area (Å²) in [5, 5.41) is 0. The van der Waals surface area contributed by atoms with Crippen molar-refractivity contribution in [2.24, 2.45) is 0 Å². The average molecular weight is 191 g/mol. The maximum absolute atomic E-state index is 11.4. The lowest BCUT2D eigenvalue weighted by Gasteiger charge is -2.26. The summed E-state index contributed by atoms with van der Waals surface area (Å²) in [6, 6.07) is 0. The average Bonchev–Trinajstić information content (AvgIpc) is 2.55. The topological polar surface area (TPSA) is 38.1 Å². The van der Waals surface area contributed by atoms with Gasteiger partial charge in [-0.05, 0) is 13.0 Å². The van der Waals surface area contributed by atoms with Crippen molar-refractivity contribution in [1.82, 2.24) is 14.5 Å². The van der Waals surface area contributed by atoms with Crippen LogP contribution in [0.3, 0.4) is 0 Å². The lowest BCUT2D eigenvalue weighted by molar-refractivity contribution is -0.127. The van der Waals surface area contributed by atoms with Crippen molar-refractivity contribution in [2.75, 3.05) is 6.54 Å². The molecule has 74 valence electrons. The van der Waals surface area contributed by atoms with E-state index in [0.29, 0.717) is 6.54 Å². The highest BCUT2D eigenvalue weighted by Gasteiger charge is 2.19. The molecule has 0 spiro atoms. The Balaban J connectivity index is 2.20. The summed E-state index contributed by atoms with van der Waals surface area (Å²) in [5.74, 6) is 0.945. The maximum atomic E-state index is 11.4. The molecule has 1 amide bonds. The molecule has 0 aromatic carbocycles. The van der Waals surface area contributed by atoms with Gasteiger partial charge in [-0.3, -0.25) is 4.79 Å². The van der Waals surface area contributed by atoms with Gasteiger partial charge in [-0.2, -0.15) is 0 Å². The number of hydrogen-bond acceptors (Lipinski definition) is 2. The number of hydrogen-bond donors (Lipinski definition) is 0. The van der Waals surface area contributed by atoms with Gasteiger partial charge in [-0.15, -0.1) is 0 Å². The summed E-state index contributed by atoms with van der Waals surface area (Å²) < 4.78 is 2.10. The van der Waals surface area contributed by atoms with Crippen molar-refractivity contribution in [2.45, 2.75) is 20.0 Å². The predicted octanol–water partition coefficient (Wildman–Crippen LogP) is 0.720. The van der Waals surface area contributed by atoms with E-state index < -0.39 is 0 Å². The van der Waals surface area contributed by atoms with Crippen LogP contribution in [0.5, 0.6) is 0 Å². The lowest BCUT2D eigenvalue weighted by Crippen LogP contribution is -2.37. The summed E-state index contributed by atoms with van der Waals surface area (Å²) in [6.45, 7) is 7.61. The fourth-order valence-corrected chi connectivity index (χ4v) is 1.71. The lowest BCUT2D eigenvalue weighted by atomic mass is 10.3. The standard InChI is InChI=1S/C10H13N3O/c1-3-10(14)13-5-4-12-6-8(2)11-9(12)7-13/h3,6H,1,4-5,7H2,2H3. The Morgan fingerprint density at radius 3 is 3.14 bits per heavy atom. The third-order valence-corrected chi connectivity index (χ3v) is 2.41. The predicted molar refractivity (Wildman–Crippen MR) is 52.6 cm³/mol. The summed E-state index contributed by atoms with van der Waals surface area (Å²) in [5.41, 5.74) is 1.01. The van der Waals surface area contributed by atoms with E-state index in [9.17, 15) is 4.79 Å². The Morgan fingerprint density at radius 2 is 2.43 bits per heavy atom. The van der Waals surface area contributed by atoms with Gasteiger partial charge in [0.05, 0.1) is 12.2 Å². The summed E-state index contributed by atoms with van der Waals surface area (Å²) in [7, 11) is 0. The van der Waals surface area contributed by atoms with Crippen molar-refractivity contribution in [3.05, 3.63) is 30.4 Å². The third-order valence-electron chi connectivity index (χ3n) is 2.41. The number of nitrogens with zero attached hydrogens (tertiary/aromatic N) is 3. The Kier molecular flexibility index (Phi) is 2.11. The molecule has 0 N–H and O–H groups in total. The van der Waals surface area contributed by atoms with Gasteiger partial charge in [0, 0.05) is 19.3 Å². The van der Waals surface area contributed by atoms with Crippen LogP contribution in [0.15, 0.2) is 18.9 Å². The van der Waals surface area contributed by atoms with E-state index >= 15 is 0 Å². The van der Waals surface area contributed by atoms with Crippen molar-refractivity contribution < 1.29 is 4.79 Å². The number of carbonyl (C=O) groups is 1. The van der Waals surface area contributed by atoms with Crippen LogP contribution in [0.4, 0.5) is 0 Å². The molecule has 0 unspecified atom stereocenters. The summed E-state index contributed by atoms with van der Waals surface area (Å²) in [4.78, 5) is 17.5. The molecule has 0 aliphatic carbocycles. The van der Waals surface area contributed by atoms with E-state index in [2.05, 4.69) is 16.1 Å². The van der Waals surface area contributed by atoms with E-state index in [1.54, 1.807) is 4.90 Å². The van der Waals surface area contributed by atoms with Crippen LogP contribution >= 0.6 is 0 Å². The highest BCUT2D eigenvalue weighted by molar-refractivity contribution is 5.86. The van der Waals surface area contributed by atoms with Crippen LogP contribution in [0.1, 0.15) is 11.5 Å². The molecule has 0 saturated carbocycles. The van der Waals surface area contributed by atoms with Crippen LogP contribution in [0.2, 0.25) is 0 Å². The van der Waals surface area contributed by atoms with Crippen LogP contribution in [-0.2, 0) is 17.9 Å². The second-order valence-corrected chi connectivity index (χ2v) is 3.46. The zero-order valence-electron chi connectivity index (χ0n) is 8.23. The molecule has 1 aromatic rings. The molecule has 2 heterocycles. The Bertz CT molecular complexity index is 381. The van der Waals surface area contributed by atoms with Gasteiger partial charge in [-0.1, -0.05) is 6.58 Å². The molecule has 4 heteroatoms. The monoisotopic (exact) mass is 191 g/mol. The van der Waals surface area contributed by atoms with Crippen LogP contribution in [0.25, 0.3) is 0 Å². The molecular formula is C10H13N3O. The van der Waals surface area contributed by atoms with Gasteiger partial charge in [-0.25, -0.2) is 4.98 Å². The molecule has 0 fully saturated rings. The first kappa shape index (κ1) is 8.99. The van der Waals surface area contributed by atoms with Gasteiger partial charge in [0.25, 0.3) is 0 Å². The van der Waals surface area contributed by atoms with Crippen LogP contribution in [0, 0.1) is 6.92 Å². The molecule has 1 aliphatic rings. The van der Waals surface area contributed by atoms with E-state index in [1.807, 2.05) is 13.1 Å². The molecule has 0 saturated heterocycles. The minimum Gasteiger partial charge on any atom is -0.331 e. The Morgan fingerprint density at radius 1 is 1.64 bits per heavy atom. The number of fused-ring (bicyclic) bond motifs is 1. The molecule has 0 radical (unpaired) electrons. The maximum Gasteiger partial charge on any atom is 0.246 e. The highest BCUT2D eigenvalue weighted by Crippen LogP contribution is 2.12. The van der Waals surface area contributed by atoms with E-state index in [1.165, 1.54) is 6.08 Å². The first-order valence-corrected chi connectivity index (χ1v) is 4.64. The van der Waals surface area contributed by atoms with Gasteiger partial charge in [0.2, 0.25) is 5.91 Å². The second kappa shape index (κ2) is 3.29. The normalized spacial score (nSPS) is 15.1.